The second kappa shape index (κ2) is 5.02. The lowest BCUT2D eigenvalue weighted by atomic mass is 10.2. The third-order valence-corrected chi connectivity index (χ3v) is 3.76. The maximum absolute atomic E-state index is 6.04. The summed E-state index contributed by atoms with van der Waals surface area (Å²) < 4.78 is 2.95. The van der Waals surface area contributed by atoms with Crippen molar-refractivity contribution in [1.29, 1.82) is 0 Å². The third kappa shape index (κ3) is 2.36. The van der Waals surface area contributed by atoms with Crippen LogP contribution in [0.2, 0.25) is 0 Å². The van der Waals surface area contributed by atoms with E-state index < -0.39 is 0 Å². The van der Waals surface area contributed by atoms with Gasteiger partial charge in [0.1, 0.15) is 0 Å². The predicted octanol–water partition coefficient (Wildman–Crippen LogP) is 3.61. The molecule has 3 N–H and O–H groups in total. The van der Waals surface area contributed by atoms with Crippen molar-refractivity contribution >= 4 is 33.1 Å². The van der Waals surface area contributed by atoms with Gasteiger partial charge in [-0.25, -0.2) is 4.68 Å². The van der Waals surface area contributed by atoms with Crippen molar-refractivity contribution in [2.24, 2.45) is 0 Å². The van der Waals surface area contributed by atoms with E-state index in [1.54, 1.807) is 0 Å². The maximum Gasteiger partial charge on any atom is 0.152 e. The Labute approximate surface area is 115 Å². The molecule has 0 spiro atoms. The first kappa shape index (κ1) is 13.0. The van der Waals surface area contributed by atoms with Crippen molar-refractivity contribution < 1.29 is 0 Å². The molecule has 0 saturated carbocycles. The molecule has 0 fully saturated rings. The molecule has 1 heterocycles. The summed E-state index contributed by atoms with van der Waals surface area (Å²) in [4.78, 5) is 0. The number of hydrogen-bond acceptors (Lipinski definition) is 3. The normalized spacial score (nSPS) is 10.7. The number of halogens is 1. The molecule has 0 atom stereocenters. The van der Waals surface area contributed by atoms with Crippen molar-refractivity contribution in [1.82, 2.24) is 9.78 Å². The highest BCUT2D eigenvalue weighted by atomic mass is 79.9. The Bertz CT molecular complexity index is 575. The molecule has 2 rings (SSSR count). The van der Waals surface area contributed by atoms with Crippen LogP contribution in [0.5, 0.6) is 0 Å². The fraction of sp³-hybridized carbons (Fsp3) is 0.308. The average Bonchev–Trinajstić information content (AvgIpc) is 2.61. The van der Waals surface area contributed by atoms with Crippen LogP contribution in [0.15, 0.2) is 22.7 Å². The summed E-state index contributed by atoms with van der Waals surface area (Å²) in [7, 11) is 0. The highest BCUT2D eigenvalue weighted by Gasteiger charge is 2.11. The number of aromatic nitrogens is 2. The number of benzene rings is 1. The molecule has 18 heavy (non-hydrogen) atoms. The SMILES string of the molecule is CCn1nc(C)c(N)c1Nc1ccc(C)c(Br)c1. The Morgan fingerprint density at radius 1 is 1.39 bits per heavy atom. The molecule has 1 aromatic carbocycles. The lowest BCUT2D eigenvalue weighted by molar-refractivity contribution is 0.661. The van der Waals surface area contributed by atoms with E-state index in [1.165, 1.54) is 5.56 Å². The van der Waals surface area contributed by atoms with Crippen LogP contribution in [-0.2, 0) is 6.54 Å². The number of nitrogen functional groups attached to an aromatic ring is 1. The van der Waals surface area contributed by atoms with Gasteiger partial charge >= 0.3 is 0 Å². The number of rotatable bonds is 3. The van der Waals surface area contributed by atoms with Gasteiger partial charge in [-0.1, -0.05) is 22.0 Å². The molecule has 0 aliphatic rings. The summed E-state index contributed by atoms with van der Waals surface area (Å²) in [5.41, 5.74) is 9.79. The summed E-state index contributed by atoms with van der Waals surface area (Å²) in [6.07, 6.45) is 0. The van der Waals surface area contributed by atoms with Crippen LogP contribution in [0, 0.1) is 13.8 Å². The fourth-order valence-electron chi connectivity index (χ4n) is 1.76. The van der Waals surface area contributed by atoms with E-state index in [2.05, 4.69) is 39.3 Å². The first-order valence-electron chi connectivity index (χ1n) is 5.89. The molecule has 0 radical (unpaired) electrons. The summed E-state index contributed by atoms with van der Waals surface area (Å²) in [5, 5.41) is 7.71. The Morgan fingerprint density at radius 3 is 2.72 bits per heavy atom. The van der Waals surface area contributed by atoms with Gasteiger partial charge in [0.2, 0.25) is 0 Å². The molecular weight excluding hydrogens is 292 g/mol. The van der Waals surface area contributed by atoms with Gasteiger partial charge in [0.25, 0.3) is 0 Å². The topological polar surface area (TPSA) is 55.9 Å². The molecule has 5 heteroatoms. The van der Waals surface area contributed by atoms with Gasteiger partial charge in [0, 0.05) is 16.7 Å². The minimum Gasteiger partial charge on any atom is -0.394 e. The Hall–Kier alpha value is -1.49. The molecule has 0 saturated heterocycles. The number of nitrogens with one attached hydrogen (secondary N) is 1. The average molecular weight is 309 g/mol. The fourth-order valence-corrected chi connectivity index (χ4v) is 2.14. The van der Waals surface area contributed by atoms with E-state index in [0.717, 1.165) is 28.2 Å². The first-order valence-corrected chi connectivity index (χ1v) is 6.68. The Morgan fingerprint density at radius 2 is 2.11 bits per heavy atom. The minimum absolute atomic E-state index is 0.702. The van der Waals surface area contributed by atoms with E-state index in [4.69, 9.17) is 5.73 Å². The lowest BCUT2D eigenvalue weighted by Crippen LogP contribution is -2.04. The third-order valence-electron chi connectivity index (χ3n) is 2.91. The van der Waals surface area contributed by atoms with Crippen molar-refractivity contribution in [3.05, 3.63) is 33.9 Å². The van der Waals surface area contributed by atoms with Crippen molar-refractivity contribution in [3.63, 3.8) is 0 Å². The van der Waals surface area contributed by atoms with Gasteiger partial charge in [-0.15, -0.1) is 0 Å². The monoisotopic (exact) mass is 308 g/mol. The van der Waals surface area contributed by atoms with Gasteiger partial charge in [0.05, 0.1) is 11.4 Å². The van der Waals surface area contributed by atoms with Crippen molar-refractivity contribution in [2.45, 2.75) is 27.3 Å². The van der Waals surface area contributed by atoms with E-state index in [0.29, 0.717) is 5.69 Å². The number of nitrogens with two attached hydrogens (primary N) is 1. The van der Waals surface area contributed by atoms with E-state index in [1.807, 2.05) is 30.7 Å². The second-order valence-electron chi connectivity index (χ2n) is 4.25. The molecule has 0 aliphatic carbocycles. The van der Waals surface area contributed by atoms with Crippen LogP contribution in [0.25, 0.3) is 0 Å². The highest BCUT2D eigenvalue weighted by Crippen LogP contribution is 2.28. The summed E-state index contributed by atoms with van der Waals surface area (Å²) in [6.45, 7) is 6.80. The Kier molecular flexibility index (Phi) is 3.61. The number of hydrogen-bond donors (Lipinski definition) is 2. The second-order valence-corrected chi connectivity index (χ2v) is 5.11. The van der Waals surface area contributed by atoms with Crippen LogP contribution in [-0.4, -0.2) is 9.78 Å². The van der Waals surface area contributed by atoms with E-state index in [-0.39, 0.29) is 0 Å². The van der Waals surface area contributed by atoms with E-state index >= 15 is 0 Å². The molecule has 2 aromatic rings. The molecule has 96 valence electrons. The molecule has 4 nitrogen and oxygen atoms in total. The minimum atomic E-state index is 0.702. The standard InChI is InChI=1S/C13H17BrN4/c1-4-18-13(12(15)9(3)17-18)16-10-6-5-8(2)11(14)7-10/h5-7,16H,4,15H2,1-3H3. The number of anilines is 3. The molecular formula is C13H17BrN4. The van der Waals surface area contributed by atoms with Gasteiger partial charge in [0.15, 0.2) is 5.82 Å². The van der Waals surface area contributed by atoms with Crippen LogP contribution < -0.4 is 11.1 Å². The predicted molar refractivity (Wildman–Crippen MR) is 79.2 cm³/mol. The zero-order valence-corrected chi connectivity index (χ0v) is 12.4. The number of aryl methyl sites for hydroxylation is 3. The summed E-state index contributed by atoms with van der Waals surface area (Å²) >= 11 is 3.53. The van der Waals surface area contributed by atoms with Crippen LogP contribution in [0.1, 0.15) is 18.2 Å². The van der Waals surface area contributed by atoms with E-state index in [9.17, 15) is 0 Å². The van der Waals surface area contributed by atoms with Crippen LogP contribution in [0.4, 0.5) is 17.2 Å². The van der Waals surface area contributed by atoms with Crippen LogP contribution >= 0.6 is 15.9 Å². The van der Waals surface area contributed by atoms with Crippen LogP contribution in [0.3, 0.4) is 0 Å². The smallest absolute Gasteiger partial charge is 0.152 e. The quantitative estimate of drug-likeness (QED) is 0.910. The maximum atomic E-state index is 6.04. The van der Waals surface area contributed by atoms with Gasteiger partial charge in [-0.05, 0) is 38.5 Å². The zero-order chi connectivity index (χ0) is 13.3. The summed E-state index contributed by atoms with van der Waals surface area (Å²) in [6, 6.07) is 6.13. The Balaban J connectivity index is 2.36. The number of nitrogens with zero attached hydrogens (tertiary/aromatic N) is 2. The lowest BCUT2D eigenvalue weighted by Gasteiger charge is -2.10. The molecule has 0 unspecified atom stereocenters. The molecule has 1 aromatic heterocycles. The zero-order valence-electron chi connectivity index (χ0n) is 10.8. The first-order chi connectivity index (χ1) is 8.52. The van der Waals surface area contributed by atoms with Crippen molar-refractivity contribution in [2.75, 3.05) is 11.1 Å². The van der Waals surface area contributed by atoms with Gasteiger partial charge in [-0.2, -0.15) is 5.10 Å². The van der Waals surface area contributed by atoms with Crippen molar-refractivity contribution in [3.8, 4) is 0 Å². The molecule has 0 amide bonds. The molecule has 0 aliphatic heterocycles. The largest absolute Gasteiger partial charge is 0.394 e. The highest BCUT2D eigenvalue weighted by molar-refractivity contribution is 9.10. The molecule has 0 bridgehead atoms. The van der Waals surface area contributed by atoms with Gasteiger partial charge < -0.3 is 11.1 Å². The summed E-state index contributed by atoms with van der Waals surface area (Å²) in [5.74, 6) is 0.853. The van der Waals surface area contributed by atoms with Gasteiger partial charge in [-0.3, -0.25) is 0 Å².